The van der Waals surface area contributed by atoms with Gasteiger partial charge in [0.1, 0.15) is 0 Å². The molecule has 1 nitrogen and oxygen atoms in total. The van der Waals surface area contributed by atoms with Gasteiger partial charge in [0.25, 0.3) is 0 Å². The first-order valence-electron chi connectivity index (χ1n) is 40.5. The Morgan fingerprint density at radius 2 is 0.776 bits per heavy atom. The standard InChI is InChI=1S/C66H45N/c1-4-20-50(21-5-1)65(51-22-6-2-7-23-51)63-31-17-14-28-59(63)60-45-56(42-43-64(60)65)67(54-38-34-47(35-39-54)49-33-32-46-18-10-11-19-48(46)44-49)55-40-36-53(37-41-55)66(52-24-8-3-9-25-52)61-29-15-12-26-57(61)58-27-13-16-30-62(58)66/h1-45H/i1D,2D,3D,4D,5D,6D,7D,8D,9D,10D,11D,12D,13D,14D,15D,17D,18D,19D,20D,21D,22D,23D,24D,25D,26D,27D,28D,29D,30D,31D,32D,33D,34D,35D,36D,37D,40D,41D,42D,44D,45D. The fourth-order valence-electron chi connectivity index (χ4n) is 8.82. The summed E-state index contributed by atoms with van der Waals surface area (Å²) in [6.07, 6.45) is 0. The number of hydrogen-bond acceptors (Lipinski definition) is 1. The topological polar surface area (TPSA) is 3.24 Å². The highest BCUT2D eigenvalue weighted by Gasteiger charge is 2.47. The average molecular weight is 893 g/mol. The summed E-state index contributed by atoms with van der Waals surface area (Å²) >= 11 is 0. The number of nitrogens with zero attached hydrogens (tertiary/aromatic N) is 1. The molecule has 0 aliphatic heterocycles. The highest BCUT2D eigenvalue weighted by molar-refractivity contribution is 5.92. The number of hydrogen-bond donors (Lipinski definition) is 0. The van der Waals surface area contributed by atoms with Gasteiger partial charge in [-0.2, -0.15) is 0 Å². The van der Waals surface area contributed by atoms with E-state index in [1.165, 1.54) is 0 Å². The Hall–Kier alpha value is -8.52. The van der Waals surface area contributed by atoms with Gasteiger partial charge >= 0.3 is 0 Å². The van der Waals surface area contributed by atoms with Crippen LogP contribution < -0.4 is 4.90 Å². The molecule has 0 fully saturated rings. The van der Waals surface area contributed by atoms with Gasteiger partial charge < -0.3 is 4.90 Å². The smallest absolute Gasteiger partial charge is 0.0713 e. The van der Waals surface area contributed by atoms with Crippen LogP contribution in [0.1, 0.15) is 101 Å². The zero-order valence-electron chi connectivity index (χ0n) is 74.8. The second-order valence-corrected chi connectivity index (χ2v) is 14.8. The Balaban J connectivity index is 1.26. The quantitative estimate of drug-likeness (QED) is 0.147. The number of benzene rings is 11. The molecule has 0 amide bonds. The Morgan fingerprint density at radius 1 is 0.284 bits per heavy atom. The van der Waals surface area contributed by atoms with Crippen molar-refractivity contribution >= 4 is 27.8 Å². The van der Waals surface area contributed by atoms with Gasteiger partial charge in [0, 0.05) is 17.1 Å². The molecule has 2 aliphatic carbocycles. The maximum Gasteiger partial charge on any atom is 0.0713 e. The van der Waals surface area contributed by atoms with Crippen molar-refractivity contribution in [2.24, 2.45) is 0 Å². The lowest BCUT2D eigenvalue weighted by Gasteiger charge is -2.35. The summed E-state index contributed by atoms with van der Waals surface area (Å²) in [5.41, 5.74) is -22.7. The normalized spacial score (nSPS) is 23.6. The van der Waals surface area contributed by atoms with E-state index in [1.54, 1.807) is 0 Å². The van der Waals surface area contributed by atoms with Gasteiger partial charge in [0.05, 0.1) is 67.0 Å². The molecule has 0 spiro atoms. The lowest BCUT2D eigenvalue weighted by Crippen LogP contribution is -2.28. The van der Waals surface area contributed by atoms with E-state index in [2.05, 4.69) is 0 Å². The molecule has 0 saturated heterocycles. The highest BCUT2D eigenvalue weighted by Crippen LogP contribution is 2.58. The monoisotopic (exact) mass is 893 g/mol. The van der Waals surface area contributed by atoms with Crippen molar-refractivity contribution in [3.63, 3.8) is 0 Å². The molecule has 0 N–H and O–H groups in total. The molecule has 67 heavy (non-hydrogen) atoms. The summed E-state index contributed by atoms with van der Waals surface area (Å²) in [7, 11) is 0. The molecule has 1 atom stereocenters. The maximum atomic E-state index is 10.7. The summed E-state index contributed by atoms with van der Waals surface area (Å²) in [5, 5.41) is -1.26. The number of fused-ring (bicyclic) bond motifs is 7. The van der Waals surface area contributed by atoms with E-state index < -0.39 is 364 Å². The first-order chi connectivity index (χ1) is 50.2. The van der Waals surface area contributed by atoms with Crippen LogP contribution in [0.5, 0.6) is 0 Å². The van der Waals surface area contributed by atoms with E-state index in [0.29, 0.717) is 29.2 Å². The molecule has 1 unspecified atom stereocenters. The second kappa shape index (κ2) is 15.6. The minimum absolute atomic E-state index is 0.482. The fraction of sp³-hybridized carbons (Fsp3) is 0.0303. The summed E-state index contributed by atoms with van der Waals surface area (Å²) < 4.78 is 384. The Bertz CT molecular complexity index is 5890. The molecule has 0 heterocycles. The van der Waals surface area contributed by atoms with E-state index in [9.17, 15) is 30.2 Å². The van der Waals surface area contributed by atoms with E-state index in [4.69, 9.17) is 26.0 Å². The predicted octanol–water partition coefficient (Wildman–Crippen LogP) is 16.7. The largest absolute Gasteiger partial charge is 0.310 e. The van der Waals surface area contributed by atoms with E-state index in [-0.39, 0.29) is 0 Å². The number of rotatable bonds is 8. The Morgan fingerprint density at radius 3 is 1.40 bits per heavy atom. The van der Waals surface area contributed by atoms with Gasteiger partial charge in [-0.3, -0.25) is 0 Å². The van der Waals surface area contributed by atoms with Crippen molar-refractivity contribution in [2.75, 3.05) is 4.90 Å². The molecule has 0 radical (unpaired) electrons. The van der Waals surface area contributed by atoms with Crippen LogP contribution in [-0.4, -0.2) is 0 Å². The van der Waals surface area contributed by atoms with Gasteiger partial charge in [-0.05, 0) is 131 Å². The van der Waals surface area contributed by atoms with Crippen molar-refractivity contribution in [3.8, 4) is 33.4 Å². The third-order valence-corrected chi connectivity index (χ3v) is 11.6. The zero-order valence-corrected chi connectivity index (χ0v) is 33.8. The molecule has 0 saturated carbocycles. The highest BCUT2D eigenvalue weighted by atomic mass is 15.1. The van der Waals surface area contributed by atoms with Crippen LogP contribution in [-0.2, 0) is 10.8 Å². The van der Waals surface area contributed by atoms with Gasteiger partial charge in [-0.25, -0.2) is 0 Å². The SMILES string of the molecule is [2H]c1cc([2H])c2c(c1[2H])-c1c([2H])c([2H])c([2H])c([2H])c1C2(c1c([2H])c([2H])c([2H])c([2H])c1[2H])c1c([2H])c([2H])c(N(c2cc([2H])c(-c3c([2H])c([2H])c4c([2H])c([2H])c([2H])c([2H])c4c3[2H])c([2H])c2)c2c([2H])cc3c(c2[2H])-c2c([2H])c([2H])c([2H])c([2H])c2C3(c2c([2H])c([2H])c([2H])c([2H])c2[2H])c2c([2H])c([2H])c([2H])c([2H])c2[2H])c([2H])c1[2H]. The molecule has 1 heteroatoms. The molecule has 11 aromatic rings. The molecule has 0 bridgehead atoms. The van der Waals surface area contributed by atoms with Crippen LogP contribution in [0.4, 0.5) is 17.1 Å². The summed E-state index contributed by atoms with van der Waals surface area (Å²) in [6, 6.07) is -43.1. The molecule has 314 valence electrons. The predicted molar refractivity (Wildman–Crippen MR) is 279 cm³/mol. The van der Waals surface area contributed by atoms with E-state index >= 15 is 0 Å². The van der Waals surface area contributed by atoms with Crippen LogP contribution in [0.3, 0.4) is 0 Å². The molecule has 0 aromatic heterocycles. The Labute approximate surface area is 450 Å². The van der Waals surface area contributed by atoms with Crippen molar-refractivity contribution in [1.82, 2.24) is 0 Å². The van der Waals surface area contributed by atoms with Gasteiger partial charge in [0.15, 0.2) is 0 Å². The van der Waals surface area contributed by atoms with Crippen molar-refractivity contribution in [2.45, 2.75) is 10.8 Å². The molecule has 11 aromatic carbocycles. The van der Waals surface area contributed by atoms with Crippen molar-refractivity contribution in [3.05, 3.63) is 317 Å². The lowest BCUT2D eigenvalue weighted by molar-refractivity contribution is 0.768. The maximum absolute atomic E-state index is 10.7. The third kappa shape index (κ3) is 5.88. The van der Waals surface area contributed by atoms with Gasteiger partial charge in [-0.15, -0.1) is 0 Å². The van der Waals surface area contributed by atoms with E-state index in [1.807, 2.05) is 0 Å². The minimum Gasteiger partial charge on any atom is -0.310 e. The fourth-order valence-corrected chi connectivity index (χ4v) is 8.82. The second-order valence-electron chi connectivity index (χ2n) is 14.8. The van der Waals surface area contributed by atoms with Crippen LogP contribution in [0, 0.1) is 0 Å². The summed E-state index contributed by atoms with van der Waals surface area (Å²) in [6.45, 7) is 0. The first kappa shape index (κ1) is 15.5. The minimum atomic E-state index is -3.33. The van der Waals surface area contributed by atoms with Gasteiger partial charge in [0.2, 0.25) is 0 Å². The molecular formula is C66H45N. The summed E-state index contributed by atoms with van der Waals surface area (Å²) in [4.78, 5) is 0.482. The van der Waals surface area contributed by atoms with Crippen molar-refractivity contribution < 1.29 is 56.2 Å². The zero-order chi connectivity index (χ0) is 80.0. The molecule has 13 rings (SSSR count). The van der Waals surface area contributed by atoms with E-state index in [0.717, 1.165) is 0 Å². The number of anilines is 3. The molecule has 2 aliphatic rings. The van der Waals surface area contributed by atoms with Crippen LogP contribution in [0.2, 0.25) is 0 Å². The van der Waals surface area contributed by atoms with Gasteiger partial charge in [-0.1, -0.05) is 230 Å². The Kier molecular flexibility index (Phi) is 3.62. The van der Waals surface area contributed by atoms with Crippen LogP contribution in [0.15, 0.2) is 272 Å². The summed E-state index contributed by atoms with van der Waals surface area (Å²) in [5.74, 6) is 0. The van der Waals surface area contributed by atoms with Crippen molar-refractivity contribution in [1.29, 1.82) is 0 Å². The lowest BCUT2D eigenvalue weighted by atomic mass is 9.67. The van der Waals surface area contributed by atoms with Crippen LogP contribution in [0.25, 0.3) is 44.2 Å². The molecular weight excluding hydrogens is 807 g/mol. The average Bonchev–Trinajstić information content (AvgIpc) is 1.49. The van der Waals surface area contributed by atoms with Crippen LogP contribution >= 0.6 is 0 Å². The first-order valence-corrected chi connectivity index (χ1v) is 20.0. The third-order valence-electron chi connectivity index (χ3n) is 11.6.